The van der Waals surface area contributed by atoms with Crippen LogP contribution in [0.4, 0.5) is 0 Å². The maximum absolute atomic E-state index is 9.84. The number of thioether (sulfide) groups is 1. The SMILES string of the molecule is COC(O)C1CC=C(C2CCC3C(C[I-]N3C(C)C)C2)S1. The van der Waals surface area contributed by atoms with Crippen LogP contribution < -0.4 is 21.5 Å². The van der Waals surface area contributed by atoms with Crippen molar-refractivity contribution in [3.63, 3.8) is 0 Å². The Morgan fingerprint density at radius 2 is 2.24 bits per heavy atom. The molecule has 5 unspecified atom stereocenters. The van der Waals surface area contributed by atoms with E-state index in [-0.39, 0.29) is 26.7 Å². The first-order valence-electron chi connectivity index (χ1n) is 8.05. The third-order valence-corrected chi connectivity index (χ3v) is 10.6. The van der Waals surface area contributed by atoms with E-state index in [0.29, 0.717) is 0 Å². The number of aliphatic hydroxyl groups excluding tert-OH is 1. The number of rotatable bonds is 4. The molecule has 2 heterocycles. The quantitative estimate of drug-likeness (QED) is 0.295. The standard InChI is InChI=1S/C16H27INO2S/c1-10(2)18-13-5-4-11(8-12(13)9-17-18)14-6-7-15(21-14)16(19)20-3/h6,10-13,15-16,19H,4-5,7-9H2,1-3H3/q-1. The van der Waals surface area contributed by atoms with Crippen LogP contribution in [0.5, 0.6) is 0 Å². The summed E-state index contributed by atoms with van der Waals surface area (Å²) in [6.07, 6.45) is 6.80. The van der Waals surface area contributed by atoms with Crippen molar-refractivity contribution in [3.8, 4) is 0 Å². The molecule has 1 aliphatic carbocycles. The van der Waals surface area contributed by atoms with Gasteiger partial charge in [0.05, 0.1) is 0 Å². The van der Waals surface area contributed by atoms with E-state index in [2.05, 4.69) is 23.0 Å². The summed E-state index contributed by atoms with van der Waals surface area (Å²) in [7, 11) is 1.59. The zero-order valence-corrected chi connectivity index (χ0v) is 16.1. The molecule has 3 rings (SSSR count). The molecule has 0 aromatic rings. The Morgan fingerprint density at radius 3 is 2.95 bits per heavy atom. The molecular formula is C16H27INO2S-. The van der Waals surface area contributed by atoms with Crippen LogP contribution >= 0.6 is 11.8 Å². The molecule has 3 aliphatic rings. The summed E-state index contributed by atoms with van der Waals surface area (Å²) in [5, 5.41) is 10.1. The molecule has 3 nitrogen and oxygen atoms in total. The number of alkyl halides is 1. The van der Waals surface area contributed by atoms with E-state index in [9.17, 15) is 5.11 Å². The Kier molecular flexibility index (Phi) is 5.58. The molecule has 0 aromatic heterocycles. The van der Waals surface area contributed by atoms with E-state index in [1.165, 1.54) is 28.6 Å². The predicted octanol–water partition coefficient (Wildman–Crippen LogP) is -0.146. The average Bonchev–Trinajstić information content (AvgIpc) is 3.12. The van der Waals surface area contributed by atoms with E-state index in [1.807, 2.05) is 11.8 Å². The number of nitrogens with zero attached hydrogens (tertiary/aromatic N) is 1. The molecule has 0 spiro atoms. The van der Waals surface area contributed by atoms with Crippen molar-refractivity contribution in [2.75, 3.05) is 11.5 Å². The topological polar surface area (TPSA) is 32.7 Å². The maximum atomic E-state index is 9.84. The van der Waals surface area contributed by atoms with Gasteiger partial charge in [-0.15, -0.1) is 0 Å². The molecule has 5 heteroatoms. The number of hydrogen-bond donors (Lipinski definition) is 1. The van der Waals surface area contributed by atoms with Crippen molar-refractivity contribution in [2.45, 2.75) is 63.2 Å². The average molecular weight is 424 g/mol. The zero-order valence-electron chi connectivity index (χ0n) is 13.2. The fraction of sp³-hybridized carbons (Fsp3) is 0.875. The van der Waals surface area contributed by atoms with Crippen LogP contribution in [0.25, 0.3) is 0 Å². The first-order valence-corrected chi connectivity index (χ1v) is 11.4. The minimum absolute atomic E-state index is 0.214. The number of allylic oxidation sites excluding steroid dienone is 2. The summed E-state index contributed by atoms with van der Waals surface area (Å²) in [6.45, 7) is 4.72. The molecular weight excluding hydrogens is 397 g/mol. The number of halogens is 1. The van der Waals surface area contributed by atoms with Crippen LogP contribution in [0.1, 0.15) is 39.5 Å². The number of hydrogen-bond acceptors (Lipinski definition) is 4. The number of methoxy groups -OCH3 is 1. The van der Waals surface area contributed by atoms with Gasteiger partial charge in [-0.05, 0) is 0 Å². The Bertz CT molecular complexity index is 404. The normalized spacial score (nSPS) is 39.0. The van der Waals surface area contributed by atoms with Gasteiger partial charge in [-0.3, -0.25) is 0 Å². The summed E-state index contributed by atoms with van der Waals surface area (Å²) in [5.74, 6) is 1.69. The Hall–Kier alpha value is 0.700. The van der Waals surface area contributed by atoms with Crippen molar-refractivity contribution in [1.29, 1.82) is 0 Å². The predicted molar refractivity (Wildman–Crippen MR) is 83.6 cm³/mol. The van der Waals surface area contributed by atoms with E-state index in [4.69, 9.17) is 4.74 Å². The molecule has 0 amide bonds. The van der Waals surface area contributed by atoms with Crippen molar-refractivity contribution in [2.24, 2.45) is 11.8 Å². The van der Waals surface area contributed by atoms with Gasteiger partial charge in [-0.1, -0.05) is 0 Å². The molecule has 1 N–H and O–H groups in total. The third-order valence-electron chi connectivity index (χ3n) is 4.96. The molecule has 122 valence electrons. The molecule has 1 saturated carbocycles. The number of aliphatic hydroxyl groups is 1. The summed E-state index contributed by atoms with van der Waals surface area (Å²) >= 11 is 2.15. The fourth-order valence-corrected chi connectivity index (χ4v) is 9.17. The van der Waals surface area contributed by atoms with E-state index >= 15 is 0 Å². The van der Waals surface area contributed by atoms with Crippen LogP contribution in [-0.2, 0) is 4.74 Å². The van der Waals surface area contributed by atoms with E-state index in [0.717, 1.165) is 30.3 Å². The van der Waals surface area contributed by atoms with Gasteiger partial charge in [-0.2, -0.15) is 0 Å². The van der Waals surface area contributed by atoms with E-state index in [1.54, 1.807) is 7.11 Å². The molecule has 1 saturated heterocycles. The first-order chi connectivity index (χ1) is 10.1. The second-order valence-corrected chi connectivity index (χ2v) is 10.7. The van der Waals surface area contributed by atoms with Crippen molar-refractivity contribution < 1.29 is 31.3 Å². The fourth-order valence-electron chi connectivity index (χ4n) is 3.87. The van der Waals surface area contributed by atoms with Gasteiger partial charge in [-0.25, -0.2) is 0 Å². The van der Waals surface area contributed by atoms with Gasteiger partial charge in [0, 0.05) is 0 Å². The molecule has 21 heavy (non-hydrogen) atoms. The van der Waals surface area contributed by atoms with Gasteiger partial charge in [0.1, 0.15) is 0 Å². The number of fused-ring (bicyclic) bond motifs is 1. The van der Waals surface area contributed by atoms with Crippen LogP contribution in [0, 0.1) is 11.8 Å². The van der Waals surface area contributed by atoms with Crippen LogP contribution in [0.3, 0.4) is 0 Å². The zero-order chi connectivity index (χ0) is 15.0. The minimum atomic E-state index is -0.617. The van der Waals surface area contributed by atoms with Gasteiger partial charge in [0.25, 0.3) is 0 Å². The summed E-state index contributed by atoms with van der Waals surface area (Å²) in [5.41, 5.74) is 0. The van der Waals surface area contributed by atoms with Gasteiger partial charge >= 0.3 is 144 Å². The summed E-state index contributed by atoms with van der Waals surface area (Å²) in [6, 6.07) is 1.62. The molecule has 0 radical (unpaired) electrons. The molecule has 0 bridgehead atoms. The molecule has 2 fully saturated rings. The second kappa shape index (κ2) is 7.07. The second-order valence-electron chi connectivity index (χ2n) is 6.67. The van der Waals surface area contributed by atoms with Crippen LogP contribution in [0.2, 0.25) is 0 Å². The van der Waals surface area contributed by atoms with Gasteiger partial charge in [0.2, 0.25) is 0 Å². The Balaban J connectivity index is 1.56. The van der Waals surface area contributed by atoms with Crippen molar-refractivity contribution >= 4 is 11.8 Å². The van der Waals surface area contributed by atoms with E-state index < -0.39 is 6.29 Å². The third kappa shape index (κ3) is 3.47. The van der Waals surface area contributed by atoms with Gasteiger partial charge < -0.3 is 0 Å². The Labute approximate surface area is 143 Å². The Morgan fingerprint density at radius 1 is 1.43 bits per heavy atom. The summed E-state index contributed by atoms with van der Waals surface area (Å²) in [4.78, 5) is 1.54. The summed E-state index contributed by atoms with van der Waals surface area (Å²) < 4.78 is 9.39. The molecule has 5 atom stereocenters. The van der Waals surface area contributed by atoms with Crippen LogP contribution in [-0.4, -0.2) is 43.4 Å². The van der Waals surface area contributed by atoms with Crippen molar-refractivity contribution in [1.82, 2.24) is 3.11 Å². The van der Waals surface area contributed by atoms with Crippen LogP contribution in [0.15, 0.2) is 11.0 Å². The molecule has 0 aromatic carbocycles. The monoisotopic (exact) mass is 424 g/mol. The molecule has 2 aliphatic heterocycles. The first kappa shape index (κ1) is 16.6. The van der Waals surface area contributed by atoms with Gasteiger partial charge in [0.15, 0.2) is 0 Å². The number of ether oxygens (including phenoxy) is 1. The van der Waals surface area contributed by atoms with Crippen molar-refractivity contribution in [3.05, 3.63) is 11.0 Å².